The molecule has 0 aliphatic carbocycles. The van der Waals surface area contributed by atoms with E-state index in [0.717, 1.165) is 5.56 Å². The molecule has 0 fully saturated rings. The van der Waals surface area contributed by atoms with E-state index in [-0.39, 0.29) is 18.9 Å². The molecule has 0 heterocycles. The summed E-state index contributed by atoms with van der Waals surface area (Å²) in [5.74, 6) is -0.934. The lowest BCUT2D eigenvalue weighted by Crippen LogP contribution is -2.35. The molecule has 0 saturated carbocycles. The van der Waals surface area contributed by atoms with Gasteiger partial charge in [-0.2, -0.15) is 0 Å². The van der Waals surface area contributed by atoms with Crippen molar-refractivity contribution in [3.05, 3.63) is 35.9 Å². The van der Waals surface area contributed by atoms with E-state index in [4.69, 9.17) is 9.84 Å². The number of benzene rings is 1. The van der Waals surface area contributed by atoms with Crippen molar-refractivity contribution in [3.8, 4) is 0 Å². The van der Waals surface area contributed by atoms with E-state index < -0.39 is 5.97 Å². The van der Waals surface area contributed by atoms with Gasteiger partial charge in [-0.25, -0.2) is 0 Å². The number of carbonyl (C=O) groups is 2. The van der Waals surface area contributed by atoms with Crippen molar-refractivity contribution in [1.29, 1.82) is 0 Å². The summed E-state index contributed by atoms with van der Waals surface area (Å²) in [6.07, 6.45) is 0.984. The molecule has 1 N–H and O–H groups in total. The van der Waals surface area contributed by atoms with Crippen molar-refractivity contribution < 1.29 is 19.4 Å². The fourth-order valence-electron chi connectivity index (χ4n) is 1.98. The second-order valence-electron chi connectivity index (χ2n) is 4.74. The summed E-state index contributed by atoms with van der Waals surface area (Å²) < 4.78 is 5.25. The highest BCUT2D eigenvalue weighted by Crippen LogP contribution is 2.05. The molecule has 1 amide bonds. The molecular weight excluding hydrogens is 270 g/mol. The minimum absolute atomic E-state index is 0.0326. The summed E-state index contributed by atoms with van der Waals surface area (Å²) in [7, 11) is 0. The van der Waals surface area contributed by atoms with Crippen molar-refractivity contribution in [2.45, 2.75) is 26.2 Å². The predicted octanol–water partition coefficient (Wildman–Crippen LogP) is 1.96. The molecule has 1 aromatic rings. The van der Waals surface area contributed by atoms with Gasteiger partial charge < -0.3 is 14.7 Å². The maximum atomic E-state index is 12.3. The van der Waals surface area contributed by atoms with Crippen LogP contribution in [0.1, 0.15) is 25.3 Å². The Labute approximate surface area is 125 Å². The first-order chi connectivity index (χ1) is 10.1. The topological polar surface area (TPSA) is 66.8 Å². The number of carboxylic acids is 1. The van der Waals surface area contributed by atoms with Gasteiger partial charge in [0.05, 0.1) is 12.8 Å². The molecule has 0 spiro atoms. The van der Waals surface area contributed by atoms with Crippen molar-refractivity contribution in [1.82, 2.24) is 4.90 Å². The molecule has 1 rings (SSSR count). The van der Waals surface area contributed by atoms with E-state index in [2.05, 4.69) is 0 Å². The van der Waals surface area contributed by atoms with Crippen LogP contribution in [0.3, 0.4) is 0 Å². The Morgan fingerprint density at radius 3 is 2.52 bits per heavy atom. The van der Waals surface area contributed by atoms with E-state index >= 15 is 0 Å². The molecular formula is C16H23NO4. The molecule has 0 unspecified atom stereocenters. The first-order valence-corrected chi connectivity index (χ1v) is 7.24. The smallest absolute Gasteiger partial charge is 0.305 e. The fourth-order valence-corrected chi connectivity index (χ4v) is 1.98. The molecule has 5 heteroatoms. The average Bonchev–Trinajstić information content (AvgIpc) is 2.47. The van der Waals surface area contributed by atoms with Crippen molar-refractivity contribution >= 4 is 11.9 Å². The van der Waals surface area contributed by atoms with E-state index in [0.29, 0.717) is 32.6 Å². The summed E-state index contributed by atoms with van der Waals surface area (Å²) in [6.45, 7) is 3.92. The average molecular weight is 293 g/mol. The third-order valence-corrected chi connectivity index (χ3v) is 3.07. The predicted molar refractivity (Wildman–Crippen MR) is 80.1 cm³/mol. The van der Waals surface area contributed by atoms with Gasteiger partial charge in [-0.3, -0.25) is 9.59 Å². The summed E-state index contributed by atoms with van der Waals surface area (Å²) in [5.41, 5.74) is 0.938. The largest absolute Gasteiger partial charge is 0.481 e. The van der Waals surface area contributed by atoms with Gasteiger partial charge in [0.25, 0.3) is 0 Å². The van der Waals surface area contributed by atoms with Crippen LogP contribution in [0.5, 0.6) is 0 Å². The zero-order chi connectivity index (χ0) is 15.5. The summed E-state index contributed by atoms with van der Waals surface area (Å²) in [4.78, 5) is 24.6. The van der Waals surface area contributed by atoms with Crippen LogP contribution in [0, 0.1) is 0 Å². The third-order valence-electron chi connectivity index (χ3n) is 3.07. The molecule has 0 aliphatic heterocycles. The number of rotatable bonds is 10. The van der Waals surface area contributed by atoms with Crippen molar-refractivity contribution in [2.24, 2.45) is 0 Å². The Kier molecular flexibility index (Phi) is 8.12. The van der Waals surface area contributed by atoms with Gasteiger partial charge in [0, 0.05) is 26.3 Å². The minimum atomic E-state index is -0.891. The lowest BCUT2D eigenvalue weighted by Gasteiger charge is -2.22. The highest BCUT2D eigenvalue weighted by atomic mass is 16.5. The van der Waals surface area contributed by atoms with Gasteiger partial charge in [-0.05, 0) is 18.9 Å². The number of nitrogens with zero attached hydrogens (tertiary/aromatic N) is 1. The number of amides is 1. The number of carboxylic acid groups (broad SMARTS) is 1. The van der Waals surface area contributed by atoms with Gasteiger partial charge in [-0.1, -0.05) is 30.3 Å². The normalized spacial score (nSPS) is 10.3. The molecule has 0 radical (unpaired) electrons. The molecule has 5 nitrogen and oxygen atoms in total. The van der Waals surface area contributed by atoms with Crippen LogP contribution in [-0.4, -0.2) is 48.2 Å². The lowest BCUT2D eigenvalue weighted by molar-refractivity contribution is -0.138. The van der Waals surface area contributed by atoms with Crippen LogP contribution in [0.2, 0.25) is 0 Å². The van der Waals surface area contributed by atoms with E-state index in [1.165, 1.54) is 0 Å². The Hall–Kier alpha value is -1.88. The number of carbonyl (C=O) groups excluding carboxylic acids is 1. The fraction of sp³-hybridized carbons (Fsp3) is 0.500. The summed E-state index contributed by atoms with van der Waals surface area (Å²) in [6, 6.07) is 9.47. The highest BCUT2D eigenvalue weighted by molar-refractivity contribution is 5.79. The van der Waals surface area contributed by atoms with Gasteiger partial charge in [0.1, 0.15) is 0 Å². The minimum Gasteiger partial charge on any atom is -0.481 e. The molecule has 0 bridgehead atoms. The number of hydrogen-bond donors (Lipinski definition) is 1. The van der Waals surface area contributed by atoms with E-state index in [1.807, 2.05) is 37.3 Å². The molecule has 1 aromatic carbocycles. The second kappa shape index (κ2) is 9.94. The maximum absolute atomic E-state index is 12.3. The van der Waals surface area contributed by atoms with E-state index in [1.54, 1.807) is 4.90 Å². The zero-order valence-corrected chi connectivity index (χ0v) is 12.5. The molecule has 0 atom stereocenters. The molecule has 21 heavy (non-hydrogen) atoms. The maximum Gasteiger partial charge on any atom is 0.305 e. The summed E-state index contributed by atoms with van der Waals surface area (Å²) in [5, 5.41) is 8.78. The number of aliphatic carboxylic acids is 1. The van der Waals surface area contributed by atoms with Crippen LogP contribution in [-0.2, 0) is 20.7 Å². The first kappa shape index (κ1) is 17.2. The van der Waals surface area contributed by atoms with E-state index in [9.17, 15) is 9.59 Å². The van der Waals surface area contributed by atoms with Crippen LogP contribution in [0.15, 0.2) is 30.3 Å². The Balaban J connectivity index is 2.52. The van der Waals surface area contributed by atoms with Gasteiger partial charge in [0.15, 0.2) is 0 Å². The Morgan fingerprint density at radius 2 is 1.90 bits per heavy atom. The molecule has 0 aromatic heterocycles. The summed E-state index contributed by atoms with van der Waals surface area (Å²) >= 11 is 0. The quantitative estimate of drug-likeness (QED) is 0.670. The highest BCUT2D eigenvalue weighted by Gasteiger charge is 2.15. The lowest BCUT2D eigenvalue weighted by atomic mass is 10.1. The van der Waals surface area contributed by atoms with Gasteiger partial charge in [-0.15, -0.1) is 0 Å². The van der Waals surface area contributed by atoms with Crippen LogP contribution in [0.25, 0.3) is 0 Å². The molecule has 116 valence electrons. The van der Waals surface area contributed by atoms with Crippen LogP contribution >= 0.6 is 0 Å². The standard InChI is InChI=1S/C16H23NO4/c1-2-21-12-6-10-17(11-9-16(19)20)15(18)13-14-7-4-3-5-8-14/h3-5,7-8H,2,6,9-13H2,1H3,(H,19,20). The van der Waals surface area contributed by atoms with Crippen LogP contribution < -0.4 is 0 Å². The van der Waals surface area contributed by atoms with Crippen molar-refractivity contribution in [3.63, 3.8) is 0 Å². The van der Waals surface area contributed by atoms with Gasteiger partial charge >= 0.3 is 5.97 Å². The number of hydrogen-bond acceptors (Lipinski definition) is 3. The van der Waals surface area contributed by atoms with Crippen LogP contribution in [0.4, 0.5) is 0 Å². The second-order valence-corrected chi connectivity index (χ2v) is 4.74. The Morgan fingerprint density at radius 1 is 1.19 bits per heavy atom. The SMILES string of the molecule is CCOCCCN(CCC(=O)O)C(=O)Cc1ccccc1. The third kappa shape index (κ3) is 7.46. The van der Waals surface area contributed by atoms with Gasteiger partial charge in [0.2, 0.25) is 5.91 Å². The first-order valence-electron chi connectivity index (χ1n) is 7.24. The zero-order valence-electron chi connectivity index (χ0n) is 12.5. The molecule has 0 aliphatic rings. The Bertz CT molecular complexity index is 433. The number of ether oxygens (including phenoxy) is 1. The molecule has 0 saturated heterocycles. The van der Waals surface area contributed by atoms with Crippen molar-refractivity contribution in [2.75, 3.05) is 26.3 Å². The monoisotopic (exact) mass is 293 g/mol.